The molecule has 1 N–H and O–H groups in total. The third kappa shape index (κ3) is 4.78. The number of amides is 1. The first-order chi connectivity index (χ1) is 14.5. The van der Waals surface area contributed by atoms with Crippen LogP contribution in [0.1, 0.15) is 87.5 Å². The third-order valence-corrected chi connectivity index (χ3v) is 8.90. The second-order valence-corrected chi connectivity index (χ2v) is 11.1. The second-order valence-electron chi connectivity index (χ2n) is 9.85. The topological polar surface area (TPSA) is 41.6 Å². The van der Waals surface area contributed by atoms with Gasteiger partial charge in [0.25, 0.3) is 0 Å². The van der Waals surface area contributed by atoms with E-state index in [2.05, 4.69) is 37.1 Å². The van der Waals surface area contributed by atoms with Crippen LogP contribution in [0, 0.1) is 5.92 Å². The number of aryl methyl sites for hydroxylation is 1. The van der Waals surface area contributed by atoms with Crippen LogP contribution in [0.3, 0.4) is 0 Å². The number of carbonyl (C=O) groups is 1. The van der Waals surface area contributed by atoms with Gasteiger partial charge in [0.1, 0.15) is 0 Å². The number of piperidine rings is 1. The van der Waals surface area contributed by atoms with E-state index in [-0.39, 0.29) is 11.5 Å². The number of nitrogens with zero attached hydrogens (tertiary/aromatic N) is 1. The molecule has 1 saturated heterocycles. The predicted octanol–water partition coefficient (Wildman–Crippen LogP) is 5.04. The number of fused-ring (bicyclic) bond motifs is 2. The van der Waals surface area contributed by atoms with Crippen molar-refractivity contribution in [2.24, 2.45) is 5.92 Å². The zero-order valence-corrected chi connectivity index (χ0v) is 20.0. The standard InChI is InChI=1S/C25H40N2O2S/c1-4-6-7-8-24(28)26-20-13-19(14-20)17-27-11-10-25(16-18(27)3)22-15-21(5-2)30-23(22)9-12-29-25/h15,18-20H,4-14,16-17H2,1-3H3,(H,26,28)/t18-,19?,20?,25+/m0/s1. The highest BCUT2D eigenvalue weighted by Crippen LogP contribution is 2.46. The highest BCUT2D eigenvalue weighted by molar-refractivity contribution is 7.12. The largest absolute Gasteiger partial charge is 0.370 e. The maximum Gasteiger partial charge on any atom is 0.220 e. The van der Waals surface area contributed by atoms with Crippen LogP contribution in [-0.4, -0.2) is 42.6 Å². The van der Waals surface area contributed by atoms with Crippen molar-refractivity contribution in [1.82, 2.24) is 10.2 Å². The van der Waals surface area contributed by atoms with E-state index in [0.717, 1.165) is 70.4 Å². The molecule has 0 aromatic carbocycles. The lowest BCUT2D eigenvalue weighted by Crippen LogP contribution is -2.54. The number of hydrogen-bond donors (Lipinski definition) is 1. The summed E-state index contributed by atoms with van der Waals surface area (Å²) >= 11 is 2.01. The molecule has 1 amide bonds. The molecule has 1 spiro atoms. The first-order valence-corrected chi connectivity index (χ1v) is 13.1. The molecule has 0 unspecified atom stereocenters. The van der Waals surface area contributed by atoms with Crippen LogP contribution in [0.5, 0.6) is 0 Å². The molecule has 3 heterocycles. The number of likely N-dealkylation sites (tertiary alicyclic amines) is 1. The summed E-state index contributed by atoms with van der Waals surface area (Å²) in [6, 6.07) is 3.41. The van der Waals surface area contributed by atoms with E-state index in [1.54, 1.807) is 4.88 Å². The Morgan fingerprint density at radius 1 is 1.33 bits per heavy atom. The Morgan fingerprint density at radius 3 is 2.90 bits per heavy atom. The molecule has 0 bridgehead atoms. The summed E-state index contributed by atoms with van der Waals surface area (Å²) in [4.78, 5) is 17.8. The molecule has 168 valence electrons. The Morgan fingerprint density at radius 2 is 2.17 bits per heavy atom. The molecule has 2 atom stereocenters. The SMILES string of the molecule is CCCCCC(=O)NC1CC(CN2CC[C@]3(C[C@@H]2C)OCCc2sc(CC)cc23)C1. The molecule has 30 heavy (non-hydrogen) atoms. The van der Waals surface area contributed by atoms with E-state index in [0.29, 0.717) is 18.5 Å². The Hall–Kier alpha value is -0.910. The Balaban J connectivity index is 1.25. The summed E-state index contributed by atoms with van der Waals surface area (Å²) in [5, 5.41) is 3.24. The van der Waals surface area contributed by atoms with Gasteiger partial charge in [-0.05, 0) is 63.0 Å². The minimum absolute atomic E-state index is 0.0397. The van der Waals surface area contributed by atoms with Gasteiger partial charge in [-0.15, -0.1) is 11.3 Å². The van der Waals surface area contributed by atoms with E-state index < -0.39 is 0 Å². The van der Waals surface area contributed by atoms with Crippen molar-refractivity contribution in [3.63, 3.8) is 0 Å². The number of carbonyl (C=O) groups excluding carboxylic acids is 1. The first kappa shape index (κ1) is 22.3. The molecule has 4 rings (SSSR count). The van der Waals surface area contributed by atoms with Crippen molar-refractivity contribution < 1.29 is 9.53 Å². The highest BCUT2D eigenvalue weighted by atomic mass is 32.1. The van der Waals surface area contributed by atoms with Crippen molar-refractivity contribution in [3.8, 4) is 0 Å². The second kappa shape index (κ2) is 9.70. The Labute approximate surface area is 186 Å². The highest BCUT2D eigenvalue weighted by Gasteiger charge is 2.45. The van der Waals surface area contributed by atoms with Crippen molar-refractivity contribution in [2.45, 2.75) is 103 Å². The zero-order chi connectivity index (χ0) is 21.1. The quantitative estimate of drug-likeness (QED) is 0.585. The fourth-order valence-corrected chi connectivity index (χ4v) is 6.89. The van der Waals surface area contributed by atoms with Crippen LogP contribution >= 0.6 is 11.3 Å². The van der Waals surface area contributed by atoms with E-state index >= 15 is 0 Å². The number of hydrogen-bond acceptors (Lipinski definition) is 4. The van der Waals surface area contributed by atoms with Gasteiger partial charge in [0.2, 0.25) is 5.91 Å². The molecule has 1 saturated carbocycles. The van der Waals surface area contributed by atoms with Crippen LogP contribution in [0.4, 0.5) is 0 Å². The van der Waals surface area contributed by atoms with Gasteiger partial charge >= 0.3 is 0 Å². The molecule has 5 heteroatoms. The lowest BCUT2D eigenvalue weighted by atomic mass is 9.76. The smallest absolute Gasteiger partial charge is 0.220 e. The average molecular weight is 433 g/mol. The molecular weight excluding hydrogens is 392 g/mol. The van der Waals surface area contributed by atoms with Gasteiger partial charge in [0, 0.05) is 47.8 Å². The van der Waals surface area contributed by atoms with Crippen LogP contribution in [-0.2, 0) is 28.0 Å². The number of nitrogens with one attached hydrogen (secondary N) is 1. The van der Waals surface area contributed by atoms with Gasteiger partial charge in [-0.3, -0.25) is 4.79 Å². The summed E-state index contributed by atoms with van der Waals surface area (Å²) in [5.41, 5.74) is 1.47. The summed E-state index contributed by atoms with van der Waals surface area (Å²) < 4.78 is 6.49. The average Bonchev–Trinajstić information content (AvgIpc) is 3.13. The lowest BCUT2D eigenvalue weighted by Gasteiger charge is -2.49. The summed E-state index contributed by atoms with van der Waals surface area (Å²) in [6.07, 6.45) is 10.8. The van der Waals surface area contributed by atoms with Gasteiger partial charge in [-0.1, -0.05) is 26.7 Å². The van der Waals surface area contributed by atoms with Crippen molar-refractivity contribution >= 4 is 17.2 Å². The van der Waals surface area contributed by atoms with Crippen LogP contribution in [0.15, 0.2) is 6.07 Å². The predicted molar refractivity (Wildman–Crippen MR) is 124 cm³/mol. The number of unbranched alkanes of at least 4 members (excludes halogenated alkanes) is 2. The molecule has 1 aliphatic carbocycles. The van der Waals surface area contributed by atoms with Crippen molar-refractivity contribution in [2.75, 3.05) is 19.7 Å². The van der Waals surface area contributed by atoms with E-state index in [1.807, 2.05) is 11.3 Å². The molecule has 2 aliphatic heterocycles. The Kier molecular flexibility index (Phi) is 7.21. The van der Waals surface area contributed by atoms with Crippen LogP contribution in [0.2, 0.25) is 0 Å². The maximum atomic E-state index is 12.0. The van der Waals surface area contributed by atoms with Crippen molar-refractivity contribution in [1.29, 1.82) is 0 Å². The molecule has 3 aliphatic rings. The normalized spacial score (nSPS) is 31.4. The number of ether oxygens (including phenoxy) is 1. The maximum absolute atomic E-state index is 12.0. The van der Waals surface area contributed by atoms with Crippen LogP contribution in [0.25, 0.3) is 0 Å². The lowest BCUT2D eigenvalue weighted by molar-refractivity contribution is -0.123. The van der Waals surface area contributed by atoms with Crippen molar-refractivity contribution in [3.05, 3.63) is 21.4 Å². The molecule has 1 aromatic rings. The summed E-state index contributed by atoms with van der Waals surface area (Å²) in [7, 11) is 0. The Bertz CT molecular complexity index is 727. The molecule has 2 fully saturated rings. The minimum atomic E-state index is -0.0397. The van der Waals surface area contributed by atoms with Gasteiger partial charge in [-0.2, -0.15) is 0 Å². The van der Waals surface area contributed by atoms with Gasteiger partial charge in [0.05, 0.1) is 12.2 Å². The monoisotopic (exact) mass is 432 g/mol. The minimum Gasteiger partial charge on any atom is -0.370 e. The van der Waals surface area contributed by atoms with Gasteiger partial charge in [0.15, 0.2) is 0 Å². The van der Waals surface area contributed by atoms with Crippen LogP contribution < -0.4 is 5.32 Å². The summed E-state index contributed by atoms with van der Waals surface area (Å²) in [6.45, 7) is 10.0. The molecule has 0 radical (unpaired) electrons. The van der Waals surface area contributed by atoms with Gasteiger partial charge < -0.3 is 15.0 Å². The molecular formula is C25H40N2O2S. The number of thiophene rings is 1. The fraction of sp³-hybridized carbons (Fsp3) is 0.800. The third-order valence-electron chi connectivity index (χ3n) is 7.56. The molecule has 4 nitrogen and oxygen atoms in total. The van der Waals surface area contributed by atoms with Gasteiger partial charge in [-0.25, -0.2) is 0 Å². The first-order valence-electron chi connectivity index (χ1n) is 12.3. The van der Waals surface area contributed by atoms with E-state index in [1.165, 1.54) is 23.4 Å². The molecule has 1 aromatic heterocycles. The zero-order valence-electron chi connectivity index (χ0n) is 19.2. The number of rotatable bonds is 8. The summed E-state index contributed by atoms with van der Waals surface area (Å²) in [5.74, 6) is 0.991. The van der Waals surface area contributed by atoms with E-state index in [4.69, 9.17) is 4.74 Å². The fourth-order valence-electron chi connectivity index (χ4n) is 5.72. The van der Waals surface area contributed by atoms with E-state index in [9.17, 15) is 4.79 Å².